The normalized spacial score (nSPS) is 36.5. The van der Waals surface area contributed by atoms with Gasteiger partial charge >= 0.3 is 0 Å². The van der Waals surface area contributed by atoms with Gasteiger partial charge in [0.15, 0.2) is 0 Å². The number of hydrogen-bond acceptors (Lipinski definition) is 2. The first-order valence-corrected chi connectivity index (χ1v) is 4.89. The Balaban J connectivity index is 2.01. The highest BCUT2D eigenvalue weighted by Crippen LogP contribution is 2.17. The minimum Gasteiger partial charge on any atom is -0.352 e. The molecule has 2 aliphatic heterocycles. The zero-order valence-corrected chi connectivity index (χ0v) is 7.31. The van der Waals surface area contributed by atoms with Gasteiger partial charge in [-0.2, -0.15) is 0 Å². The van der Waals surface area contributed by atoms with Gasteiger partial charge in [0.05, 0.1) is 0 Å². The van der Waals surface area contributed by atoms with Crippen molar-refractivity contribution in [3.63, 3.8) is 0 Å². The predicted octanol–water partition coefficient (Wildman–Crippen LogP) is 0.407. The van der Waals surface area contributed by atoms with Crippen molar-refractivity contribution in [3.8, 4) is 0 Å². The zero-order valence-electron chi connectivity index (χ0n) is 7.31. The molecule has 0 aromatic rings. The van der Waals surface area contributed by atoms with Gasteiger partial charge in [-0.15, -0.1) is 0 Å². The van der Waals surface area contributed by atoms with Crippen molar-refractivity contribution < 1.29 is 4.79 Å². The molecule has 2 saturated heterocycles. The summed E-state index contributed by atoms with van der Waals surface area (Å²) in [4.78, 5) is 11.2. The van der Waals surface area contributed by atoms with Gasteiger partial charge in [-0.3, -0.25) is 4.79 Å². The number of piperidine rings is 1. The van der Waals surface area contributed by atoms with E-state index in [1.54, 1.807) is 0 Å². The fourth-order valence-corrected chi connectivity index (χ4v) is 2.19. The minimum absolute atomic E-state index is 0.242. The maximum Gasteiger partial charge on any atom is 0.220 e. The van der Waals surface area contributed by atoms with Crippen LogP contribution in [0.1, 0.15) is 32.1 Å². The number of carbonyl (C=O) groups excluding carboxylic acids is 1. The number of hydrogen-bond donors (Lipinski definition) is 2. The molecular formula is C9H16N2O. The van der Waals surface area contributed by atoms with E-state index in [1.807, 2.05) is 0 Å². The Hall–Kier alpha value is -0.570. The highest BCUT2D eigenvalue weighted by atomic mass is 16.1. The maximum atomic E-state index is 11.2. The molecule has 0 aliphatic carbocycles. The molecule has 0 radical (unpaired) electrons. The predicted molar refractivity (Wildman–Crippen MR) is 46.8 cm³/mol. The number of fused-ring (bicyclic) bond motifs is 1. The largest absolute Gasteiger partial charge is 0.352 e. The van der Waals surface area contributed by atoms with E-state index in [9.17, 15) is 4.79 Å². The molecule has 12 heavy (non-hydrogen) atoms. The standard InChI is InChI=1S/C9H16N2O/c12-9-5-1-3-7-8(11-9)4-2-6-10-7/h7-8,10H,1-6H2,(H,11,12)/t7-,8+/m0/s1. The van der Waals surface area contributed by atoms with Crippen LogP contribution in [-0.2, 0) is 4.79 Å². The number of amides is 1. The van der Waals surface area contributed by atoms with Crippen LogP contribution in [0.4, 0.5) is 0 Å². The first-order chi connectivity index (χ1) is 5.86. The highest BCUT2D eigenvalue weighted by molar-refractivity contribution is 5.76. The van der Waals surface area contributed by atoms with Crippen LogP contribution in [-0.4, -0.2) is 24.5 Å². The lowest BCUT2D eigenvalue weighted by atomic mass is 9.96. The molecule has 0 aromatic heterocycles. The second-order valence-corrected chi connectivity index (χ2v) is 3.77. The van der Waals surface area contributed by atoms with Crippen molar-refractivity contribution in [3.05, 3.63) is 0 Å². The summed E-state index contributed by atoms with van der Waals surface area (Å²) in [6.07, 6.45) is 5.27. The van der Waals surface area contributed by atoms with E-state index in [2.05, 4.69) is 10.6 Å². The molecule has 0 unspecified atom stereocenters. The minimum atomic E-state index is 0.242. The molecule has 2 rings (SSSR count). The Kier molecular flexibility index (Phi) is 2.30. The van der Waals surface area contributed by atoms with Gasteiger partial charge in [-0.1, -0.05) is 0 Å². The van der Waals surface area contributed by atoms with Gasteiger partial charge in [0, 0.05) is 18.5 Å². The molecule has 3 heteroatoms. The van der Waals surface area contributed by atoms with E-state index in [4.69, 9.17) is 0 Å². The van der Waals surface area contributed by atoms with Crippen molar-refractivity contribution in [1.82, 2.24) is 10.6 Å². The third-order valence-electron chi connectivity index (χ3n) is 2.85. The Labute approximate surface area is 72.9 Å². The van der Waals surface area contributed by atoms with Crippen molar-refractivity contribution >= 4 is 5.91 Å². The van der Waals surface area contributed by atoms with E-state index in [0.717, 1.165) is 25.8 Å². The maximum absolute atomic E-state index is 11.2. The first-order valence-electron chi connectivity index (χ1n) is 4.89. The van der Waals surface area contributed by atoms with Gasteiger partial charge in [-0.05, 0) is 32.2 Å². The van der Waals surface area contributed by atoms with Crippen LogP contribution in [0.2, 0.25) is 0 Å². The fourth-order valence-electron chi connectivity index (χ4n) is 2.19. The third kappa shape index (κ3) is 1.61. The van der Waals surface area contributed by atoms with Crippen LogP contribution in [0, 0.1) is 0 Å². The Morgan fingerprint density at radius 2 is 2.00 bits per heavy atom. The summed E-state index contributed by atoms with van der Waals surface area (Å²) in [6.45, 7) is 1.12. The smallest absolute Gasteiger partial charge is 0.220 e. The molecule has 3 nitrogen and oxygen atoms in total. The summed E-state index contributed by atoms with van der Waals surface area (Å²) in [5.41, 5.74) is 0. The van der Waals surface area contributed by atoms with Crippen molar-refractivity contribution in [2.24, 2.45) is 0 Å². The topological polar surface area (TPSA) is 41.1 Å². The lowest BCUT2D eigenvalue weighted by Crippen LogP contribution is -2.51. The molecule has 0 saturated carbocycles. The van der Waals surface area contributed by atoms with Gasteiger partial charge in [0.25, 0.3) is 0 Å². The summed E-state index contributed by atoms with van der Waals surface area (Å²) in [5, 5.41) is 6.55. The summed E-state index contributed by atoms with van der Waals surface area (Å²) >= 11 is 0. The fraction of sp³-hybridized carbons (Fsp3) is 0.889. The van der Waals surface area contributed by atoms with Crippen LogP contribution in [0.25, 0.3) is 0 Å². The summed E-state index contributed by atoms with van der Waals surface area (Å²) in [5.74, 6) is 0.242. The molecule has 0 bridgehead atoms. The van der Waals surface area contributed by atoms with Crippen molar-refractivity contribution in [2.75, 3.05) is 6.54 Å². The SMILES string of the molecule is O=C1CCC[C@@H]2NCCC[C@H]2N1. The molecule has 2 atom stereocenters. The summed E-state index contributed by atoms with van der Waals surface area (Å²) < 4.78 is 0. The molecule has 1 amide bonds. The Bertz CT molecular complexity index is 181. The van der Waals surface area contributed by atoms with E-state index in [0.29, 0.717) is 18.5 Å². The van der Waals surface area contributed by atoms with Gasteiger partial charge in [0.2, 0.25) is 5.91 Å². The second-order valence-electron chi connectivity index (χ2n) is 3.77. The summed E-state index contributed by atoms with van der Waals surface area (Å²) in [7, 11) is 0. The Morgan fingerprint density at radius 3 is 2.92 bits per heavy atom. The van der Waals surface area contributed by atoms with Crippen LogP contribution >= 0.6 is 0 Å². The monoisotopic (exact) mass is 168 g/mol. The quantitative estimate of drug-likeness (QED) is 0.550. The lowest BCUT2D eigenvalue weighted by Gasteiger charge is -2.31. The van der Waals surface area contributed by atoms with Gasteiger partial charge in [-0.25, -0.2) is 0 Å². The zero-order chi connectivity index (χ0) is 8.39. The van der Waals surface area contributed by atoms with Crippen LogP contribution in [0.3, 0.4) is 0 Å². The van der Waals surface area contributed by atoms with Gasteiger partial charge < -0.3 is 10.6 Å². The van der Waals surface area contributed by atoms with Crippen LogP contribution < -0.4 is 10.6 Å². The molecule has 2 aliphatic rings. The Morgan fingerprint density at radius 1 is 1.17 bits per heavy atom. The molecule has 0 aromatic carbocycles. The highest BCUT2D eigenvalue weighted by Gasteiger charge is 2.27. The average molecular weight is 168 g/mol. The van der Waals surface area contributed by atoms with Crippen LogP contribution in [0.5, 0.6) is 0 Å². The van der Waals surface area contributed by atoms with E-state index in [1.165, 1.54) is 6.42 Å². The van der Waals surface area contributed by atoms with E-state index < -0.39 is 0 Å². The summed E-state index contributed by atoms with van der Waals surface area (Å²) in [6, 6.07) is 0.957. The molecule has 2 heterocycles. The van der Waals surface area contributed by atoms with Crippen LogP contribution in [0.15, 0.2) is 0 Å². The lowest BCUT2D eigenvalue weighted by molar-refractivity contribution is -0.121. The second kappa shape index (κ2) is 3.44. The first kappa shape index (κ1) is 8.05. The third-order valence-corrected chi connectivity index (χ3v) is 2.85. The van der Waals surface area contributed by atoms with Crippen molar-refractivity contribution in [2.45, 2.75) is 44.2 Å². The molecule has 0 spiro atoms. The average Bonchev–Trinajstić information content (AvgIpc) is 2.25. The number of carbonyl (C=O) groups is 1. The molecule has 2 N–H and O–H groups in total. The van der Waals surface area contributed by atoms with E-state index in [-0.39, 0.29) is 5.91 Å². The van der Waals surface area contributed by atoms with Crippen molar-refractivity contribution in [1.29, 1.82) is 0 Å². The van der Waals surface area contributed by atoms with Gasteiger partial charge in [0.1, 0.15) is 0 Å². The molecular weight excluding hydrogens is 152 g/mol. The molecule has 68 valence electrons. The van der Waals surface area contributed by atoms with E-state index >= 15 is 0 Å². The molecule has 2 fully saturated rings. The number of rotatable bonds is 0. The number of nitrogens with one attached hydrogen (secondary N) is 2.